The Morgan fingerprint density at radius 3 is 1.78 bits per heavy atom. The third-order valence-corrected chi connectivity index (χ3v) is 10.4. The summed E-state index contributed by atoms with van der Waals surface area (Å²) in [6.45, 7) is 2.67. The summed E-state index contributed by atoms with van der Waals surface area (Å²) >= 11 is 0. The lowest BCUT2D eigenvalue weighted by molar-refractivity contribution is -0.359. The minimum Gasteiger partial charge on any atom is -0.394 e. The van der Waals surface area contributed by atoms with Crippen LogP contribution in [-0.4, -0.2) is 140 Å². The second kappa shape index (κ2) is 29.6. The number of aliphatic hydroxyl groups is 8. The van der Waals surface area contributed by atoms with Gasteiger partial charge in [-0.2, -0.15) is 0 Å². The van der Waals surface area contributed by atoms with E-state index in [4.69, 9.17) is 18.9 Å². The molecule has 12 atom stereocenters. The molecule has 2 fully saturated rings. The molecule has 0 saturated carbocycles. The zero-order chi connectivity index (χ0) is 40.4. The maximum atomic E-state index is 13.0. The van der Waals surface area contributed by atoms with Crippen LogP contribution in [0.2, 0.25) is 0 Å². The lowest BCUT2D eigenvalue weighted by atomic mass is 9.97. The number of allylic oxidation sites excluding steroid dienone is 3. The van der Waals surface area contributed by atoms with Gasteiger partial charge in [0, 0.05) is 6.42 Å². The van der Waals surface area contributed by atoms with Crippen molar-refractivity contribution in [1.29, 1.82) is 0 Å². The van der Waals surface area contributed by atoms with Crippen LogP contribution in [-0.2, 0) is 23.7 Å². The van der Waals surface area contributed by atoms with E-state index in [1.165, 1.54) is 70.6 Å². The van der Waals surface area contributed by atoms with Crippen LogP contribution >= 0.6 is 0 Å². The summed E-state index contributed by atoms with van der Waals surface area (Å²) in [5.74, 6) is -0.258. The highest BCUT2D eigenvalue weighted by Gasteiger charge is 2.50. The topological polar surface area (TPSA) is 228 Å². The van der Waals surface area contributed by atoms with Gasteiger partial charge >= 0.3 is 0 Å². The summed E-state index contributed by atoms with van der Waals surface area (Å²) in [6, 6.07) is -0.922. The van der Waals surface area contributed by atoms with Gasteiger partial charge in [0.05, 0.1) is 32.0 Å². The number of carbonyl (C=O) groups is 1. The van der Waals surface area contributed by atoms with E-state index in [-0.39, 0.29) is 18.9 Å². The zero-order valence-electron chi connectivity index (χ0n) is 33.4. The van der Waals surface area contributed by atoms with E-state index < -0.39 is 86.8 Å². The molecule has 1 amide bonds. The van der Waals surface area contributed by atoms with E-state index >= 15 is 0 Å². The molecule has 0 aromatic carbocycles. The summed E-state index contributed by atoms with van der Waals surface area (Å²) in [6.07, 6.45) is 11.1. The van der Waals surface area contributed by atoms with Crippen LogP contribution in [0.15, 0.2) is 24.3 Å². The van der Waals surface area contributed by atoms with Crippen molar-refractivity contribution in [2.75, 3.05) is 19.8 Å². The van der Waals surface area contributed by atoms with Gasteiger partial charge < -0.3 is 65.1 Å². The average molecular weight is 790 g/mol. The first kappa shape index (κ1) is 49.6. The fourth-order valence-electron chi connectivity index (χ4n) is 6.83. The maximum absolute atomic E-state index is 13.0. The molecule has 2 heterocycles. The van der Waals surface area contributed by atoms with Gasteiger partial charge in [-0.05, 0) is 32.1 Å². The Hall–Kier alpha value is -1.53. The average Bonchev–Trinajstić information content (AvgIpc) is 3.18. The molecular weight excluding hydrogens is 714 g/mol. The molecule has 0 aromatic rings. The molecule has 12 unspecified atom stereocenters. The summed E-state index contributed by atoms with van der Waals surface area (Å²) < 4.78 is 22.5. The van der Waals surface area contributed by atoms with Crippen LogP contribution in [0.4, 0.5) is 0 Å². The van der Waals surface area contributed by atoms with Gasteiger partial charge in [-0.15, -0.1) is 0 Å². The normalized spacial score (nSPS) is 29.9. The molecule has 2 aliphatic rings. The molecule has 2 rings (SSSR count). The summed E-state index contributed by atoms with van der Waals surface area (Å²) in [4.78, 5) is 13.0. The number of rotatable bonds is 30. The third-order valence-electron chi connectivity index (χ3n) is 10.4. The SMILES string of the molecule is CCCCCCCCC/C=C/CC/C=C/C(O)C(COC1OC(CO)C(OC2OC(CO)C(O)C(O)C2O)C(O)C1O)NC(=O)CCCCCCCCCC. The van der Waals surface area contributed by atoms with Crippen LogP contribution in [0, 0.1) is 0 Å². The first-order valence-electron chi connectivity index (χ1n) is 21.1. The number of ether oxygens (including phenoxy) is 4. The zero-order valence-corrected chi connectivity index (χ0v) is 33.4. The lowest BCUT2D eigenvalue weighted by Crippen LogP contribution is -2.65. The van der Waals surface area contributed by atoms with E-state index in [2.05, 4.69) is 31.3 Å². The minimum atomic E-state index is -1.79. The predicted octanol–water partition coefficient (Wildman–Crippen LogP) is 3.04. The van der Waals surface area contributed by atoms with E-state index in [1.807, 2.05) is 6.08 Å². The van der Waals surface area contributed by atoms with Crippen LogP contribution in [0.5, 0.6) is 0 Å². The molecule has 2 saturated heterocycles. The van der Waals surface area contributed by atoms with Crippen molar-refractivity contribution in [3.05, 3.63) is 24.3 Å². The Morgan fingerprint density at radius 2 is 1.16 bits per heavy atom. The monoisotopic (exact) mass is 790 g/mol. The quantitative estimate of drug-likeness (QED) is 0.0377. The molecule has 0 radical (unpaired) electrons. The highest BCUT2D eigenvalue weighted by molar-refractivity contribution is 5.76. The summed E-state index contributed by atoms with van der Waals surface area (Å²) in [5.41, 5.74) is 0. The van der Waals surface area contributed by atoms with Crippen molar-refractivity contribution in [1.82, 2.24) is 5.32 Å². The maximum Gasteiger partial charge on any atom is 0.220 e. The highest BCUT2D eigenvalue weighted by Crippen LogP contribution is 2.29. The Labute approximate surface area is 328 Å². The fraction of sp³-hybridized carbons (Fsp3) is 0.878. The Balaban J connectivity index is 1.96. The van der Waals surface area contributed by atoms with Crippen molar-refractivity contribution in [2.24, 2.45) is 0 Å². The molecule has 55 heavy (non-hydrogen) atoms. The molecule has 322 valence electrons. The highest BCUT2D eigenvalue weighted by atomic mass is 16.7. The fourth-order valence-corrected chi connectivity index (χ4v) is 6.83. The number of unbranched alkanes of at least 4 members (excludes halogenated alkanes) is 15. The number of carbonyl (C=O) groups excluding carboxylic acids is 1. The van der Waals surface area contributed by atoms with Crippen molar-refractivity contribution < 1.29 is 64.6 Å². The summed E-state index contributed by atoms with van der Waals surface area (Å²) in [7, 11) is 0. The molecule has 9 N–H and O–H groups in total. The minimum absolute atomic E-state index is 0.258. The van der Waals surface area contributed by atoms with Crippen LogP contribution in [0.25, 0.3) is 0 Å². The Bertz CT molecular complexity index is 1030. The molecular formula is C41H75NO13. The van der Waals surface area contributed by atoms with Crippen molar-refractivity contribution >= 4 is 5.91 Å². The van der Waals surface area contributed by atoms with Gasteiger partial charge in [0.1, 0.15) is 48.8 Å². The largest absolute Gasteiger partial charge is 0.394 e. The molecule has 2 aliphatic heterocycles. The van der Waals surface area contributed by atoms with Crippen molar-refractivity contribution in [3.63, 3.8) is 0 Å². The van der Waals surface area contributed by atoms with E-state index in [1.54, 1.807) is 6.08 Å². The number of hydrogen-bond acceptors (Lipinski definition) is 13. The second-order valence-corrected chi connectivity index (χ2v) is 15.1. The smallest absolute Gasteiger partial charge is 0.220 e. The van der Waals surface area contributed by atoms with Gasteiger partial charge in [0.15, 0.2) is 12.6 Å². The number of nitrogens with one attached hydrogen (secondary N) is 1. The standard InChI is InChI=1S/C41H75NO13/c1-3-5-7-9-11-13-14-15-16-17-18-20-22-24-30(45)29(42-33(46)25-23-21-19-12-10-8-6-4-2)28-52-40-38(51)36(49)39(32(27-44)54-40)55-41-37(50)35(48)34(47)31(26-43)53-41/h16-17,22,24,29-32,34-41,43-45,47-51H,3-15,18-21,23,25-28H2,1-2H3,(H,42,46)/b17-16+,24-22+. The Kier molecular flexibility index (Phi) is 26.7. The second-order valence-electron chi connectivity index (χ2n) is 15.1. The van der Waals surface area contributed by atoms with Gasteiger partial charge in [0.25, 0.3) is 0 Å². The van der Waals surface area contributed by atoms with Crippen LogP contribution in [0.3, 0.4) is 0 Å². The van der Waals surface area contributed by atoms with E-state index in [9.17, 15) is 45.6 Å². The molecule has 0 aromatic heterocycles. The molecule has 0 bridgehead atoms. The van der Waals surface area contributed by atoms with Gasteiger partial charge in [-0.1, -0.05) is 122 Å². The van der Waals surface area contributed by atoms with Gasteiger partial charge in [-0.25, -0.2) is 0 Å². The van der Waals surface area contributed by atoms with Gasteiger partial charge in [-0.3, -0.25) is 4.79 Å². The molecule has 14 heteroatoms. The van der Waals surface area contributed by atoms with Crippen LogP contribution < -0.4 is 5.32 Å². The van der Waals surface area contributed by atoms with E-state index in [0.29, 0.717) is 12.8 Å². The number of aliphatic hydroxyl groups excluding tert-OH is 8. The van der Waals surface area contributed by atoms with Crippen molar-refractivity contribution in [3.8, 4) is 0 Å². The number of hydrogen-bond donors (Lipinski definition) is 9. The first-order chi connectivity index (χ1) is 26.6. The first-order valence-corrected chi connectivity index (χ1v) is 21.1. The predicted molar refractivity (Wildman–Crippen MR) is 208 cm³/mol. The number of amides is 1. The lowest BCUT2D eigenvalue weighted by Gasteiger charge is -2.46. The molecule has 0 spiro atoms. The molecule has 14 nitrogen and oxygen atoms in total. The van der Waals surface area contributed by atoms with E-state index in [0.717, 1.165) is 32.1 Å². The molecule has 0 aliphatic carbocycles. The van der Waals surface area contributed by atoms with Crippen molar-refractivity contribution in [2.45, 2.75) is 209 Å². The Morgan fingerprint density at radius 1 is 0.636 bits per heavy atom. The van der Waals surface area contributed by atoms with Gasteiger partial charge in [0.2, 0.25) is 5.91 Å². The summed E-state index contributed by atoms with van der Waals surface area (Å²) in [5, 5.41) is 86.1. The third kappa shape index (κ3) is 18.7. The van der Waals surface area contributed by atoms with Crippen LogP contribution in [0.1, 0.15) is 136 Å².